The van der Waals surface area contributed by atoms with E-state index in [0.717, 1.165) is 44.6 Å². The van der Waals surface area contributed by atoms with Gasteiger partial charge in [-0.05, 0) is 49.6 Å². The van der Waals surface area contributed by atoms with Crippen LogP contribution >= 0.6 is 0 Å². The maximum atomic E-state index is 13.0. The Morgan fingerprint density at radius 2 is 2.00 bits per heavy atom. The molecule has 0 bridgehead atoms. The lowest BCUT2D eigenvalue weighted by Gasteiger charge is -2.35. The molecule has 2 fully saturated rings. The van der Waals surface area contributed by atoms with Crippen LogP contribution in [0.4, 0.5) is 5.69 Å². The first-order valence-electron chi connectivity index (χ1n) is 10.2. The highest BCUT2D eigenvalue weighted by atomic mass is 16.5. The molecule has 2 saturated heterocycles. The van der Waals surface area contributed by atoms with Gasteiger partial charge in [-0.25, -0.2) is 0 Å². The molecule has 2 amide bonds. The summed E-state index contributed by atoms with van der Waals surface area (Å²) in [4.78, 5) is 29.5. The predicted molar refractivity (Wildman–Crippen MR) is 109 cm³/mol. The number of hydrogen-bond donors (Lipinski definition) is 1. The van der Waals surface area contributed by atoms with Crippen molar-refractivity contribution in [3.8, 4) is 0 Å². The highest BCUT2D eigenvalue weighted by Gasteiger charge is 2.25. The number of carbonyl (C=O) groups excluding carboxylic acids is 2. The second-order valence-electron chi connectivity index (χ2n) is 7.69. The van der Waals surface area contributed by atoms with Crippen molar-refractivity contribution in [2.24, 2.45) is 0 Å². The Balaban J connectivity index is 1.37. The Morgan fingerprint density at radius 1 is 1.17 bits per heavy atom. The van der Waals surface area contributed by atoms with Crippen LogP contribution < -0.4 is 5.32 Å². The summed E-state index contributed by atoms with van der Waals surface area (Å²) in [6.45, 7) is 6.85. The van der Waals surface area contributed by atoms with Gasteiger partial charge in [-0.2, -0.15) is 0 Å². The molecule has 0 aliphatic carbocycles. The smallest absolute Gasteiger partial charge is 0.291 e. The Labute approximate surface area is 170 Å². The van der Waals surface area contributed by atoms with Crippen molar-refractivity contribution < 1.29 is 18.7 Å². The van der Waals surface area contributed by atoms with Crippen molar-refractivity contribution in [3.63, 3.8) is 0 Å². The summed E-state index contributed by atoms with van der Waals surface area (Å²) in [6, 6.07) is 8.70. The minimum atomic E-state index is -0.328. The van der Waals surface area contributed by atoms with Gasteiger partial charge in [0.1, 0.15) is 0 Å². The first-order valence-corrected chi connectivity index (χ1v) is 10.2. The summed E-state index contributed by atoms with van der Waals surface area (Å²) in [7, 11) is 0. The van der Waals surface area contributed by atoms with Gasteiger partial charge in [0.15, 0.2) is 5.76 Å². The highest BCUT2D eigenvalue weighted by molar-refractivity contribution is 6.03. The zero-order chi connectivity index (χ0) is 20.2. The van der Waals surface area contributed by atoms with E-state index in [1.807, 2.05) is 24.0 Å². The van der Waals surface area contributed by atoms with Crippen molar-refractivity contribution in [2.75, 3.05) is 44.6 Å². The van der Waals surface area contributed by atoms with Crippen molar-refractivity contribution in [2.45, 2.75) is 25.9 Å². The molecule has 1 N–H and O–H groups in total. The Morgan fingerprint density at radius 3 is 2.69 bits per heavy atom. The fraction of sp³-hybridized carbons (Fsp3) is 0.455. The molecule has 7 heteroatoms. The Kier molecular flexibility index (Phi) is 5.97. The summed E-state index contributed by atoms with van der Waals surface area (Å²) >= 11 is 0. The first kappa shape index (κ1) is 19.7. The number of amides is 2. The van der Waals surface area contributed by atoms with E-state index >= 15 is 0 Å². The molecule has 2 aliphatic rings. The number of rotatable bonds is 5. The summed E-state index contributed by atoms with van der Waals surface area (Å²) in [5, 5.41) is 2.83. The lowest BCUT2D eigenvalue weighted by Crippen LogP contribution is -2.50. The predicted octanol–water partition coefficient (Wildman–Crippen LogP) is 2.78. The minimum Gasteiger partial charge on any atom is -0.459 e. The first-order chi connectivity index (χ1) is 14.1. The second kappa shape index (κ2) is 8.80. The average Bonchev–Trinajstić information content (AvgIpc) is 3.44. The number of piperazine rings is 1. The van der Waals surface area contributed by atoms with Crippen LogP contribution in [0.5, 0.6) is 0 Å². The van der Waals surface area contributed by atoms with Crippen molar-refractivity contribution in [3.05, 3.63) is 53.5 Å². The molecule has 0 spiro atoms. The number of aryl methyl sites for hydroxylation is 1. The van der Waals surface area contributed by atoms with Gasteiger partial charge < -0.3 is 19.4 Å². The van der Waals surface area contributed by atoms with Crippen molar-refractivity contribution in [1.29, 1.82) is 0 Å². The van der Waals surface area contributed by atoms with Gasteiger partial charge in [0.05, 0.1) is 12.4 Å². The lowest BCUT2D eigenvalue weighted by molar-refractivity contribution is 0.0432. The van der Waals surface area contributed by atoms with E-state index < -0.39 is 0 Å². The van der Waals surface area contributed by atoms with Crippen LogP contribution in [0.3, 0.4) is 0 Å². The number of nitrogens with one attached hydrogen (secondary N) is 1. The second-order valence-corrected chi connectivity index (χ2v) is 7.69. The maximum absolute atomic E-state index is 13.0. The normalized spacial score (nSPS) is 20.0. The Bertz CT molecular complexity index is 851. The molecule has 2 aromatic rings. The topological polar surface area (TPSA) is 75.0 Å². The van der Waals surface area contributed by atoms with Gasteiger partial charge in [0, 0.05) is 50.6 Å². The highest BCUT2D eigenvalue weighted by Crippen LogP contribution is 2.20. The molecule has 2 aliphatic heterocycles. The van der Waals surface area contributed by atoms with Crippen LogP contribution in [0, 0.1) is 6.92 Å². The standard InChI is InChI=1S/C22H27N3O4/c1-16-6-7-17(14-19(16)23-21(26)20-5-3-13-29-20)22(27)25-10-8-24(9-11-25)15-18-4-2-12-28-18/h3,5-7,13-14,18H,2,4,8-12,15H2,1H3,(H,23,26)/t18-/m1/s1. The molecule has 1 aromatic heterocycles. The molecule has 4 rings (SSSR count). The fourth-order valence-corrected chi connectivity index (χ4v) is 3.87. The molecular formula is C22H27N3O4. The largest absolute Gasteiger partial charge is 0.459 e. The zero-order valence-corrected chi connectivity index (χ0v) is 16.7. The van der Waals surface area contributed by atoms with Gasteiger partial charge in [-0.1, -0.05) is 6.07 Å². The van der Waals surface area contributed by atoms with Crippen LogP contribution in [0.2, 0.25) is 0 Å². The number of furan rings is 1. The number of ether oxygens (including phenoxy) is 1. The SMILES string of the molecule is Cc1ccc(C(=O)N2CCN(C[C@H]3CCCO3)CC2)cc1NC(=O)c1ccco1. The van der Waals surface area contributed by atoms with E-state index in [-0.39, 0.29) is 17.6 Å². The molecule has 0 saturated carbocycles. The minimum absolute atomic E-state index is 0.00439. The van der Waals surface area contributed by atoms with Gasteiger partial charge in [0.25, 0.3) is 11.8 Å². The monoisotopic (exact) mass is 397 g/mol. The van der Waals surface area contributed by atoms with E-state index in [1.165, 1.54) is 6.26 Å². The Hall–Kier alpha value is -2.64. The summed E-state index contributed by atoms with van der Waals surface area (Å²) in [5.41, 5.74) is 2.09. The molecule has 1 aromatic carbocycles. The van der Waals surface area contributed by atoms with E-state index in [1.54, 1.807) is 18.2 Å². The van der Waals surface area contributed by atoms with E-state index in [9.17, 15) is 9.59 Å². The van der Waals surface area contributed by atoms with Gasteiger partial charge in [-0.15, -0.1) is 0 Å². The van der Waals surface area contributed by atoms with Crippen LogP contribution in [-0.4, -0.2) is 67.0 Å². The third kappa shape index (κ3) is 4.68. The van der Waals surface area contributed by atoms with E-state index in [2.05, 4.69) is 10.2 Å². The molecule has 1 atom stereocenters. The third-order valence-corrected chi connectivity index (χ3v) is 5.62. The van der Waals surface area contributed by atoms with E-state index in [0.29, 0.717) is 30.4 Å². The summed E-state index contributed by atoms with van der Waals surface area (Å²) in [6.07, 6.45) is 4.08. The number of hydrogen-bond acceptors (Lipinski definition) is 5. The molecule has 154 valence electrons. The fourth-order valence-electron chi connectivity index (χ4n) is 3.87. The van der Waals surface area contributed by atoms with Crippen LogP contribution in [0.25, 0.3) is 0 Å². The van der Waals surface area contributed by atoms with Gasteiger partial charge >= 0.3 is 0 Å². The molecule has 29 heavy (non-hydrogen) atoms. The number of nitrogens with zero attached hydrogens (tertiary/aromatic N) is 2. The van der Waals surface area contributed by atoms with Crippen LogP contribution in [0.1, 0.15) is 39.3 Å². The van der Waals surface area contributed by atoms with E-state index in [4.69, 9.17) is 9.15 Å². The van der Waals surface area contributed by atoms with Crippen LogP contribution in [-0.2, 0) is 4.74 Å². The zero-order valence-electron chi connectivity index (χ0n) is 16.7. The van der Waals surface area contributed by atoms with Gasteiger partial charge in [-0.3, -0.25) is 14.5 Å². The van der Waals surface area contributed by atoms with Crippen molar-refractivity contribution >= 4 is 17.5 Å². The molecule has 3 heterocycles. The average molecular weight is 397 g/mol. The number of carbonyl (C=O) groups is 2. The molecule has 7 nitrogen and oxygen atoms in total. The van der Waals surface area contributed by atoms with Crippen LogP contribution in [0.15, 0.2) is 41.0 Å². The molecule has 0 unspecified atom stereocenters. The molecule has 0 radical (unpaired) electrons. The van der Waals surface area contributed by atoms with Gasteiger partial charge in [0.2, 0.25) is 0 Å². The quantitative estimate of drug-likeness (QED) is 0.840. The lowest BCUT2D eigenvalue weighted by atomic mass is 10.1. The maximum Gasteiger partial charge on any atom is 0.291 e. The summed E-state index contributed by atoms with van der Waals surface area (Å²) < 4.78 is 10.9. The van der Waals surface area contributed by atoms with Crippen molar-refractivity contribution in [1.82, 2.24) is 9.80 Å². The number of benzene rings is 1. The third-order valence-electron chi connectivity index (χ3n) is 5.62. The molecular weight excluding hydrogens is 370 g/mol. The number of anilines is 1. The summed E-state index contributed by atoms with van der Waals surface area (Å²) in [5.74, 6) is -0.0933.